The van der Waals surface area contributed by atoms with E-state index < -0.39 is 6.10 Å². The summed E-state index contributed by atoms with van der Waals surface area (Å²) in [6.45, 7) is 12.7. The van der Waals surface area contributed by atoms with Crippen molar-refractivity contribution in [2.75, 3.05) is 6.54 Å². The van der Waals surface area contributed by atoms with Crippen LogP contribution in [0.5, 0.6) is 0 Å². The zero-order chi connectivity index (χ0) is 16.2. The quantitative estimate of drug-likeness (QED) is 0.756. The number of urea groups is 1. The van der Waals surface area contributed by atoms with Gasteiger partial charge in [0.2, 0.25) is 0 Å². The molecule has 0 bridgehead atoms. The Morgan fingerprint density at radius 1 is 1.33 bits per heavy atom. The Hall–Kier alpha value is -1.14. The molecule has 2 amide bonds. The van der Waals surface area contributed by atoms with Gasteiger partial charge in [-0.2, -0.15) is 0 Å². The predicted octanol–water partition coefficient (Wildman–Crippen LogP) is 2.60. The smallest absolute Gasteiger partial charge is 0.315 e. The summed E-state index contributed by atoms with van der Waals surface area (Å²) >= 11 is 1.63. The molecular weight excluding hydrogens is 286 g/mol. The molecular formula is C15H27N3O2S. The number of aryl methyl sites for hydroxylation is 2. The summed E-state index contributed by atoms with van der Waals surface area (Å²) in [5.74, 6) is 0.158. The van der Waals surface area contributed by atoms with Gasteiger partial charge in [0, 0.05) is 16.8 Å². The lowest BCUT2D eigenvalue weighted by Crippen LogP contribution is -2.46. The van der Waals surface area contributed by atoms with Gasteiger partial charge in [-0.05, 0) is 19.8 Å². The number of rotatable bonds is 6. The first-order valence-electron chi connectivity index (χ1n) is 7.26. The molecule has 5 nitrogen and oxygen atoms in total. The van der Waals surface area contributed by atoms with Crippen molar-refractivity contribution in [3.63, 3.8) is 0 Å². The second kappa shape index (κ2) is 7.22. The number of amides is 2. The van der Waals surface area contributed by atoms with Crippen LogP contribution in [0.25, 0.3) is 0 Å². The monoisotopic (exact) mass is 313 g/mol. The third-order valence-corrected chi connectivity index (χ3v) is 4.48. The highest BCUT2D eigenvalue weighted by atomic mass is 32.1. The fourth-order valence-electron chi connectivity index (χ4n) is 2.28. The van der Waals surface area contributed by atoms with E-state index in [4.69, 9.17) is 0 Å². The number of hydrogen-bond donors (Lipinski definition) is 3. The molecule has 0 radical (unpaired) electrons. The number of carbonyl (C=O) groups is 1. The van der Waals surface area contributed by atoms with Gasteiger partial charge in [-0.3, -0.25) is 0 Å². The maximum Gasteiger partial charge on any atom is 0.315 e. The van der Waals surface area contributed by atoms with E-state index in [-0.39, 0.29) is 17.4 Å². The maximum absolute atomic E-state index is 11.8. The normalized spacial score (nSPS) is 13.3. The number of nitrogens with zero attached hydrogens (tertiary/aromatic N) is 1. The summed E-state index contributed by atoms with van der Waals surface area (Å²) in [5, 5.41) is 16.8. The van der Waals surface area contributed by atoms with Gasteiger partial charge >= 0.3 is 6.03 Å². The van der Waals surface area contributed by atoms with E-state index in [1.165, 1.54) is 0 Å². The van der Waals surface area contributed by atoms with Crippen LogP contribution in [0.1, 0.15) is 43.3 Å². The molecule has 0 fully saturated rings. The van der Waals surface area contributed by atoms with Gasteiger partial charge in [0.25, 0.3) is 0 Å². The zero-order valence-corrected chi connectivity index (χ0v) is 14.6. The predicted molar refractivity (Wildman–Crippen MR) is 86.5 cm³/mol. The van der Waals surface area contributed by atoms with E-state index in [1.54, 1.807) is 11.3 Å². The van der Waals surface area contributed by atoms with Crippen LogP contribution in [0.15, 0.2) is 0 Å². The summed E-state index contributed by atoms with van der Waals surface area (Å²) in [4.78, 5) is 17.4. The van der Waals surface area contributed by atoms with Gasteiger partial charge in [-0.25, -0.2) is 9.78 Å². The topological polar surface area (TPSA) is 74.2 Å². The lowest BCUT2D eigenvalue weighted by atomic mass is 9.81. The van der Waals surface area contributed by atoms with Crippen LogP contribution in [0.4, 0.5) is 4.79 Å². The van der Waals surface area contributed by atoms with Crippen molar-refractivity contribution in [1.82, 2.24) is 15.6 Å². The Labute approximate surface area is 131 Å². The number of hydrogen-bond acceptors (Lipinski definition) is 4. The van der Waals surface area contributed by atoms with Crippen LogP contribution >= 0.6 is 11.3 Å². The molecule has 120 valence electrons. The first kappa shape index (κ1) is 17.9. The Balaban J connectivity index is 2.42. The fourth-order valence-corrected chi connectivity index (χ4v) is 3.11. The van der Waals surface area contributed by atoms with Crippen LogP contribution < -0.4 is 10.6 Å². The van der Waals surface area contributed by atoms with Crippen LogP contribution in [0.2, 0.25) is 0 Å². The molecule has 21 heavy (non-hydrogen) atoms. The van der Waals surface area contributed by atoms with E-state index in [0.717, 1.165) is 15.6 Å². The Bertz CT molecular complexity index is 483. The average Bonchev–Trinajstić information content (AvgIpc) is 2.71. The molecule has 1 unspecified atom stereocenters. The molecule has 0 aliphatic carbocycles. The number of nitrogens with one attached hydrogen (secondary N) is 2. The molecule has 1 aromatic rings. The van der Waals surface area contributed by atoms with E-state index in [2.05, 4.69) is 15.6 Å². The highest BCUT2D eigenvalue weighted by Gasteiger charge is 2.30. The van der Waals surface area contributed by atoms with Gasteiger partial charge in [0.15, 0.2) is 0 Å². The molecule has 0 aliphatic heterocycles. The standard InChI is InChI=1S/C15H27N3O2S/c1-9(2)13(19)15(5,6)8-17-14(20)16-7-12-10(3)21-11(4)18-12/h9,13,19H,7-8H2,1-6H3,(H2,16,17,20). The molecule has 3 N–H and O–H groups in total. The van der Waals surface area contributed by atoms with E-state index in [1.807, 2.05) is 41.5 Å². The van der Waals surface area contributed by atoms with Gasteiger partial charge in [-0.1, -0.05) is 27.7 Å². The highest BCUT2D eigenvalue weighted by molar-refractivity contribution is 7.11. The summed E-state index contributed by atoms with van der Waals surface area (Å²) in [5.41, 5.74) is 0.549. The second-order valence-corrected chi connectivity index (χ2v) is 7.86. The Morgan fingerprint density at radius 3 is 2.43 bits per heavy atom. The van der Waals surface area contributed by atoms with Crippen LogP contribution in [0, 0.1) is 25.2 Å². The number of aliphatic hydroxyl groups is 1. The average molecular weight is 313 g/mol. The lowest BCUT2D eigenvalue weighted by Gasteiger charge is -2.33. The molecule has 0 spiro atoms. The van der Waals surface area contributed by atoms with E-state index in [0.29, 0.717) is 13.1 Å². The molecule has 0 saturated heterocycles. The van der Waals surface area contributed by atoms with Crippen molar-refractivity contribution in [2.45, 2.75) is 54.2 Å². The van der Waals surface area contributed by atoms with E-state index >= 15 is 0 Å². The second-order valence-electron chi connectivity index (χ2n) is 6.45. The molecule has 0 aromatic carbocycles. The summed E-state index contributed by atoms with van der Waals surface area (Å²) in [7, 11) is 0. The number of carbonyl (C=O) groups excluding carboxylic acids is 1. The molecule has 1 rings (SSSR count). The number of thiazole rings is 1. The van der Waals surface area contributed by atoms with Crippen LogP contribution in [-0.4, -0.2) is 28.8 Å². The van der Waals surface area contributed by atoms with Crippen molar-refractivity contribution in [2.24, 2.45) is 11.3 Å². The van der Waals surface area contributed by atoms with Crippen LogP contribution in [-0.2, 0) is 6.54 Å². The number of aromatic nitrogens is 1. The summed E-state index contributed by atoms with van der Waals surface area (Å²) in [6, 6.07) is -0.232. The van der Waals surface area contributed by atoms with Gasteiger partial charge in [-0.15, -0.1) is 11.3 Å². The zero-order valence-electron chi connectivity index (χ0n) is 13.8. The molecule has 0 saturated carbocycles. The lowest BCUT2D eigenvalue weighted by molar-refractivity contribution is 0.0151. The largest absolute Gasteiger partial charge is 0.392 e. The highest BCUT2D eigenvalue weighted by Crippen LogP contribution is 2.25. The van der Waals surface area contributed by atoms with Crippen molar-refractivity contribution < 1.29 is 9.90 Å². The molecule has 1 aromatic heterocycles. The minimum Gasteiger partial charge on any atom is -0.392 e. The Morgan fingerprint density at radius 2 is 1.95 bits per heavy atom. The van der Waals surface area contributed by atoms with E-state index in [9.17, 15) is 9.90 Å². The van der Waals surface area contributed by atoms with Crippen molar-refractivity contribution in [1.29, 1.82) is 0 Å². The van der Waals surface area contributed by atoms with Gasteiger partial charge in [0.05, 0.1) is 23.4 Å². The fraction of sp³-hybridized carbons (Fsp3) is 0.733. The molecule has 1 atom stereocenters. The molecule has 1 heterocycles. The first-order chi connectivity index (χ1) is 9.63. The molecule has 0 aliphatic rings. The number of aliphatic hydroxyl groups excluding tert-OH is 1. The van der Waals surface area contributed by atoms with Gasteiger partial charge in [0.1, 0.15) is 0 Å². The minimum absolute atomic E-state index is 0.158. The van der Waals surface area contributed by atoms with Crippen LogP contribution in [0.3, 0.4) is 0 Å². The maximum atomic E-state index is 11.8. The molecule has 6 heteroatoms. The van der Waals surface area contributed by atoms with Crippen molar-refractivity contribution in [3.8, 4) is 0 Å². The third-order valence-electron chi connectivity index (χ3n) is 3.55. The van der Waals surface area contributed by atoms with Crippen molar-refractivity contribution >= 4 is 17.4 Å². The summed E-state index contributed by atoms with van der Waals surface area (Å²) < 4.78 is 0. The van der Waals surface area contributed by atoms with Crippen molar-refractivity contribution in [3.05, 3.63) is 15.6 Å². The summed E-state index contributed by atoms with van der Waals surface area (Å²) in [6.07, 6.45) is -0.457. The Kier molecular flexibility index (Phi) is 6.16. The first-order valence-corrected chi connectivity index (χ1v) is 8.08. The SMILES string of the molecule is Cc1nc(CNC(=O)NCC(C)(C)C(O)C(C)C)c(C)s1. The minimum atomic E-state index is -0.457. The third kappa shape index (κ3) is 5.28. The van der Waals surface area contributed by atoms with Gasteiger partial charge < -0.3 is 15.7 Å².